The number of hydrogen-bond acceptors (Lipinski definition) is 3. The SMILES string of the molecule is CCC(=O)c1ccc(NCCSC)cc1. The Hall–Kier alpha value is -0.960. The number of thioether (sulfide) groups is 1. The van der Waals surface area contributed by atoms with E-state index >= 15 is 0 Å². The van der Waals surface area contributed by atoms with Crippen LogP contribution in [-0.2, 0) is 0 Å². The van der Waals surface area contributed by atoms with Crippen LogP contribution in [0.5, 0.6) is 0 Å². The van der Waals surface area contributed by atoms with Gasteiger partial charge in [-0.1, -0.05) is 6.92 Å². The van der Waals surface area contributed by atoms with Gasteiger partial charge in [0.2, 0.25) is 0 Å². The maximum atomic E-state index is 11.4. The Balaban J connectivity index is 2.52. The van der Waals surface area contributed by atoms with Crippen LogP contribution in [0.1, 0.15) is 23.7 Å². The molecule has 0 aliphatic heterocycles. The van der Waals surface area contributed by atoms with Crippen molar-refractivity contribution in [1.82, 2.24) is 0 Å². The molecule has 0 aromatic heterocycles. The molecule has 0 saturated heterocycles. The molecule has 1 N–H and O–H groups in total. The largest absolute Gasteiger partial charge is 0.384 e. The molecule has 1 aromatic carbocycles. The molecule has 82 valence electrons. The highest BCUT2D eigenvalue weighted by Crippen LogP contribution is 2.11. The van der Waals surface area contributed by atoms with Gasteiger partial charge in [-0.3, -0.25) is 4.79 Å². The van der Waals surface area contributed by atoms with Gasteiger partial charge in [0.25, 0.3) is 0 Å². The van der Waals surface area contributed by atoms with Gasteiger partial charge in [-0.15, -0.1) is 0 Å². The second-order valence-electron chi connectivity index (χ2n) is 3.27. The minimum atomic E-state index is 0.200. The average Bonchev–Trinajstić information content (AvgIpc) is 2.29. The number of anilines is 1. The molecule has 0 bridgehead atoms. The second kappa shape index (κ2) is 6.51. The highest BCUT2D eigenvalue weighted by atomic mass is 32.2. The van der Waals surface area contributed by atoms with Crippen LogP contribution < -0.4 is 5.32 Å². The molecule has 0 atom stereocenters. The van der Waals surface area contributed by atoms with Crippen molar-refractivity contribution in [3.8, 4) is 0 Å². The third-order valence-electron chi connectivity index (χ3n) is 2.16. The van der Waals surface area contributed by atoms with Crippen LogP contribution in [0.15, 0.2) is 24.3 Å². The summed E-state index contributed by atoms with van der Waals surface area (Å²) in [6.45, 7) is 2.84. The minimum absolute atomic E-state index is 0.200. The van der Waals surface area contributed by atoms with Gasteiger partial charge in [0.1, 0.15) is 0 Å². The van der Waals surface area contributed by atoms with E-state index in [4.69, 9.17) is 0 Å². The number of carbonyl (C=O) groups excluding carboxylic acids is 1. The Bertz CT molecular complexity index is 308. The van der Waals surface area contributed by atoms with Crippen molar-refractivity contribution in [2.75, 3.05) is 23.9 Å². The molecule has 0 spiro atoms. The lowest BCUT2D eigenvalue weighted by Gasteiger charge is -2.05. The lowest BCUT2D eigenvalue weighted by Crippen LogP contribution is -2.04. The highest BCUT2D eigenvalue weighted by molar-refractivity contribution is 7.98. The summed E-state index contributed by atoms with van der Waals surface area (Å²) in [5.74, 6) is 1.29. The molecule has 0 unspecified atom stereocenters. The van der Waals surface area contributed by atoms with Gasteiger partial charge in [0.15, 0.2) is 5.78 Å². The highest BCUT2D eigenvalue weighted by Gasteiger charge is 2.01. The number of ketones is 1. The number of Topliss-reactive ketones (excluding diaryl/α,β-unsaturated/α-hetero) is 1. The Labute approximate surface area is 95.5 Å². The van der Waals surface area contributed by atoms with E-state index in [1.54, 1.807) is 0 Å². The van der Waals surface area contributed by atoms with Gasteiger partial charge in [0, 0.05) is 30.0 Å². The summed E-state index contributed by atoms with van der Waals surface area (Å²) in [5.41, 5.74) is 1.88. The summed E-state index contributed by atoms with van der Waals surface area (Å²) in [5, 5.41) is 3.30. The third-order valence-corrected chi connectivity index (χ3v) is 2.78. The predicted molar refractivity (Wildman–Crippen MR) is 67.9 cm³/mol. The van der Waals surface area contributed by atoms with Gasteiger partial charge in [-0.05, 0) is 30.5 Å². The van der Waals surface area contributed by atoms with E-state index in [9.17, 15) is 4.79 Å². The van der Waals surface area contributed by atoms with Crippen molar-refractivity contribution in [2.45, 2.75) is 13.3 Å². The Morgan fingerprint density at radius 2 is 2.00 bits per heavy atom. The normalized spacial score (nSPS) is 10.0. The van der Waals surface area contributed by atoms with Crippen LogP contribution >= 0.6 is 11.8 Å². The molecule has 0 amide bonds. The Morgan fingerprint density at radius 3 is 2.53 bits per heavy atom. The number of hydrogen-bond donors (Lipinski definition) is 1. The summed E-state index contributed by atoms with van der Waals surface area (Å²) in [4.78, 5) is 11.4. The van der Waals surface area contributed by atoms with Crippen molar-refractivity contribution >= 4 is 23.2 Å². The number of benzene rings is 1. The molecule has 0 saturated carbocycles. The quantitative estimate of drug-likeness (QED) is 0.593. The van der Waals surface area contributed by atoms with Gasteiger partial charge >= 0.3 is 0 Å². The molecule has 0 aliphatic rings. The molecule has 1 aromatic rings. The van der Waals surface area contributed by atoms with Gasteiger partial charge in [-0.25, -0.2) is 0 Å². The first kappa shape index (κ1) is 12.1. The monoisotopic (exact) mass is 223 g/mol. The standard InChI is InChI=1S/C12H17NOS/c1-3-12(14)10-4-6-11(7-5-10)13-8-9-15-2/h4-7,13H,3,8-9H2,1-2H3. The topological polar surface area (TPSA) is 29.1 Å². The lowest BCUT2D eigenvalue weighted by atomic mass is 10.1. The van der Waals surface area contributed by atoms with Crippen LogP contribution in [-0.4, -0.2) is 24.3 Å². The first-order chi connectivity index (χ1) is 7.27. The van der Waals surface area contributed by atoms with Crippen LogP contribution in [0.4, 0.5) is 5.69 Å². The van der Waals surface area contributed by atoms with Crippen LogP contribution in [0.25, 0.3) is 0 Å². The van der Waals surface area contributed by atoms with E-state index in [0.717, 1.165) is 23.5 Å². The molecule has 0 heterocycles. The number of carbonyl (C=O) groups is 1. The van der Waals surface area contributed by atoms with Gasteiger partial charge < -0.3 is 5.32 Å². The Kier molecular flexibility index (Phi) is 5.26. The summed E-state index contributed by atoms with van der Waals surface area (Å²) in [6, 6.07) is 7.69. The van der Waals surface area contributed by atoms with Gasteiger partial charge in [-0.2, -0.15) is 11.8 Å². The third kappa shape index (κ3) is 3.96. The molecule has 2 nitrogen and oxygen atoms in total. The summed E-state index contributed by atoms with van der Waals surface area (Å²) < 4.78 is 0. The van der Waals surface area contributed by atoms with Crippen molar-refractivity contribution in [3.63, 3.8) is 0 Å². The second-order valence-corrected chi connectivity index (χ2v) is 4.26. The summed E-state index contributed by atoms with van der Waals surface area (Å²) >= 11 is 1.82. The van der Waals surface area contributed by atoms with E-state index in [1.807, 2.05) is 43.0 Å². The maximum absolute atomic E-state index is 11.4. The molecular weight excluding hydrogens is 206 g/mol. The maximum Gasteiger partial charge on any atom is 0.162 e. The fourth-order valence-electron chi connectivity index (χ4n) is 1.28. The molecule has 0 aliphatic carbocycles. The van der Waals surface area contributed by atoms with E-state index in [2.05, 4.69) is 11.6 Å². The molecule has 15 heavy (non-hydrogen) atoms. The van der Waals surface area contributed by atoms with Gasteiger partial charge in [0.05, 0.1) is 0 Å². The number of rotatable bonds is 6. The molecule has 0 radical (unpaired) electrons. The fourth-order valence-corrected chi connectivity index (χ4v) is 1.58. The molecule has 1 rings (SSSR count). The van der Waals surface area contributed by atoms with Crippen molar-refractivity contribution in [2.24, 2.45) is 0 Å². The fraction of sp³-hybridized carbons (Fsp3) is 0.417. The zero-order chi connectivity index (χ0) is 11.1. The smallest absolute Gasteiger partial charge is 0.162 e. The molecular formula is C12H17NOS. The predicted octanol–water partition coefficient (Wildman–Crippen LogP) is 3.05. The molecule has 0 fully saturated rings. The van der Waals surface area contributed by atoms with Crippen molar-refractivity contribution in [3.05, 3.63) is 29.8 Å². The zero-order valence-corrected chi connectivity index (χ0v) is 10.1. The first-order valence-electron chi connectivity index (χ1n) is 5.14. The van der Waals surface area contributed by atoms with E-state index in [0.29, 0.717) is 6.42 Å². The number of nitrogens with one attached hydrogen (secondary N) is 1. The summed E-state index contributed by atoms with van der Waals surface area (Å²) in [7, 11) is 0. The minimum Gasteiger partial charge on any atom is -0.384 e. The van der Waals surface area contributed by atoms with Crippen molar-refractivity contribution in [1.29, 1.82) is 0 Å². The zero-order valence-electron chi connectivity index (χ0n) is 9.25. The first-order valence-corrected chi connectivity index (χ1v) is 6.53. The Morgan fingerprint density at radius 1 is 1.33 bits per heavy atom. The lowest BCUT2D eigenvalue weighted by molar-refractivity contribution is 0.0988. The van der Waals surface area contributed by atoms with E-state index < -0.39 is 0 Å². The summed E-state index contributed by atoms with van der Waals surface area (Å²) in [6.07, 6.45) is 2.66. The van der Waals surface area contributed by atoms with Crippen molar-refractivity contribution < 1.29 is 4.79 Å². The molecule has 3 heteroatoms. The van der Waals surface area contributed by atoms with Crippen LogP contribution in [0, 0.1) is 0 Å². The van der Waals surface area contributed by atoms with E-state index in [1.165, 1.54) is 0 Å². The average molecular weight is 223 g/mol. The van der Waals surface area contributed by atoms with Crippen LogP contribution in [0.2, 0.25) is 0 Å². The van der Waals surface area contributed by atoms with Crippen LogP contribution in [0.3, 0.4) is 0 Å². The van der Waals surface area contributed by atoms with E-state index in [-0.39, 0.29) is 5.78 Å².